The summed E-state index contributed by atoms with van der Waals surface area (Å²) >= 11 is 0. The summed E-state index contributed by atoms with van der Waals surface area (Å²) in [4.78, 5) is 17.6. The molecule has 0 radical (unpaired) electrons. The SMILES string of the molecule is Cc1[nH]ccc2c1[nH]c1cc(=O)ccc12.Cl.O.O. The number of aromatic nitrogens is 2. The van der Waals surface area contributed by atoms with Crippen LogP contribution in [0.2, 0.25) is 0 Å². The Hall–Kier alpha value is -1.82. The predicted molar refractivity (Wildman–Crippen MR) is 75.6 cm³/mol. The molecule has 0 aliphatic carbocycles. The zero-order valence-corrected chi connectivity index (χ0v) is 10.5. The average molecular weight is 271 g/mol. The number of rotatable bonds is 0. The van der Waals surface area contributed by atoms with E-state index < -0.39 is 0 Å². The van der Waals surface area contributed by atoms with Crippen LogP contribution in [0.15, 0.2) is 35.3 Å². The highest BCUT2D eigenvalue weighted by atomic mass is 35.5. The number of aromatic amines is 2. The van der Waals surface area contributed by atoms with E-state index in [9.17, 15) is 4.79 Å². The molecule has 5 nitrogen and oxygen atoms in total. The molecule has 0 saturated carbocycles. The summed E-state index contributed by atoms with van der Waals surface area (Å²) in [5.74, 6) is 0. The monoisotopic (exact) mass is 270 g/mol. The van der Waals surface area contributed by atoms with Crippen molar-refractivity contribution in [2.45, 2.75) is 6.92 Å². The maximum absolute atomic E-state index is 11.2. The van der Waals surface area contributed by atoms with Crippen molar-refractivity contribution >= 4 is 34.2 Å². The first-order chi connectivity index (χ1) is 7.25. The summed E-state index contributed by atoms with van der Waals surface area (Å²) in [6.07, 6.45) is 1.91. The number of fused-ring (bicyclic) bond motifs is 3. The van der Waals surface area contributed by atoms with Crippen molar-refractivity contribution in [3.63, 3.8) is 0 Å². The van der Waals surface area contributed by atoms with Gasteiger partial charge in [0, 0.05) is 28.7 Å². The third kappa shape index (κ3) is 2.24. The molecule has 0 fully saturated rings. The fraction of sp³-hybridized carbons (Fsp3) is 0.0833. The maximum Gasteiger partial charge on any atom is 0.180 e. The van der Waals surface area contributed by atoms with Crippen molar-refractivity contribution < 1.29 is 11.0 Å². The molecule has 0 amide bonds. The quantitative estimate of drug-likeness (QED) is 0.626. The second kappa shape index (κ2) is 5.68. The van der Waals surface area contributed by atoms with Gasteiger partial charge in [-0.05, 0) is 25.1 Å². The number of H-pyrrole nitrogens is 2. The van der Waals surface area contributed by atoms with Crippen LogP contribution in [0.4, 0.5) is 0 Å². The number of pyridine rings is 1. The van der Waals surface area contributed by atoms with Crippen LogP contribution in [-0.2, 0) is 0 Å². The van der Waals surface area contributed by atoms with Gasteiger partial charge in [0.2, 0.25) is 0 Å². The molecule has 6 N–H and O–H groups in total. The molecule has 0 unspecified atom stereocenters. The van der Waals surface area contributed by atoms with Crippen LogP contribution in [0.5, 0.6) is 0 Å². The van der Waals surface area contributed by atoms with Crippen molar-refractivity contribution in [1.82, 2.24) is 9.97 Å². The van der Waals surface area contributed by atoms with Gasteiger partial charge in [-0.3, -0.25) is 4.79 Å². The number of hydrogen-bond acceptors (Lipinski definition) is 1. The zero-order chi connectivity index (χ0) is 10.4. The molecule has 3 aromatic rings. The number of halogens is 1. The van der Waals surface area contributed by atoms with Crippen molar-refractivity contribution in [2.75, 3.05) is 0 Å². The second-order valence-electron chi connectivity index (χ2n) is 3.72. The van der Waals surface area contributed by atoms with Gasteiger partial charge in [0.25, 0.3) is 0 Å². The summed E-state index contributed by atoms with van der Waals surface area (Å²) in [6.45, 7) is 2.01. The minimum atomic E-state index is 0. The number of hydrogen-bond donors (Lipinski definition) is 2. The first kappa shape index (κ1) is 16.2. The lowest BCUT2D eigenvalue weighted by Gasteiger charge is -1.94. The van der Waals surface area contributed by atoms with E-state index in [1.807, 2.05) is 25.3 Å². The van der Waals surface area contributed by atoms with Crippen LogP contribution < -0.4 is 5.43 Å². The molecular formula is C12H15ClN2O3. The van der Waals surface area contributed by atoms with Crippen LogP contribution >= 0.6 is 12.4 Å². The first-order valence-corrected chi connectivity index (χ1v) is 4.85. The Morgan fingerprint density at radius 3 is 2.50 bits per heavy atom. The molecular weight excluding hydrogens is 256 g/mol. The summed E-state index contributed by atoms with van der Waals surface area (Å²) in [5, 5.41) is 2.25. The van der Waals surface area contributed by atoms with Crippen molar-refractivity contribution in [3.05, 3.63) is 46.4 Å². The van der Waals surface area contributed by atoms with Crippen LogP contribution in [0.1, 0.15) is 5.69 Å². The van der Waals surface area contributed by atoms with Crippen molar-refractivity contribution in [1.29, 1.82) is 0 Å². The number of nitrogens with one attached hydrogen (secondary N) is 2. The smallest absolute Gasteiger partial charge is 0.180 e. The Labute approximate surface area is 109 Å². The molecule has 3 rings (SSSR count). The lowest BCUT2D eigenvalue weighted by molar-refractivity contribution is 0.823. The van der Waals surface area contributed by atoms with Crippen molar-refractivity contribution in [2.24, 2.45) is 0 Å². The Bertz CT molecular complexity index is 718. The lowest BCUT2D eigenvalue weighted by atomic mass is 10.2. The maximum atomic E-state index is 11.2. The third-order valence-electron chi connectivity index (χ3n) is 2.74. The topological polar surface area (TPSA) is 112 Å². The van der Waals surface area contributed by atoms with E-state index in [4.69, 9.17) is 0 Å². The van der Waals surface area contributed by atoms with E-state index in [-0.39, 0.29) is 28.8 Å². The van der Waals surface area contributed by atoms with Crippen LogP contribution in [0, 0.1) is 6.92 Å². The Morgan fingerprint density at radius 2 is 1.78 bits per heavy atom. The predicted octanol–water partition coefficient (Wildman–Crippen LogP) is 1.09. The molecule has 0 spiro atoms. The number of benzene rings is 1. The highest BCUT2D eigenvalue weighted by Gasteiger charge is 2.05. The summed E-state index contributed by atoms with van der Waals surface area (Å²) in [7, 11) is 0. The zero-order valence-electron chi connectivity index (χ0n) is 9.70. The van der Waals surface area contributed by atoms with Gasteiger partial charge in [-0.25, -0.2) is 0 Å². The first-order valence-electron chi connectivity index (χ1n) is 4.85. The van der Waals surface area contributed by atoms with Gasteiger partial charge in [0.1, 0.15) is 0 Å². The highest BCUT2D eigenvalue weighted by Crippen LogP contribution is 2.24. The lowest BCUT2D eigenvalue weighted by Crippen LogP contribution is -1.93. The number of aryl methyl sites for hydroxylation is 1. The minimum absolute atomic E-state index is 0. The van der Waals surface area contributed by atoms with Gasteiger partial charge in [-0.15, -0.1) is 12.4 Å². The summed E-state index contributed by atoms with van der Waals surface area (Å²) in [6, 6.07) is 7.12. The second-order valence-corrected chi connectivity index (χ2v) is 3.72. The van der Waals surface area contributed by atoms with E-state index in [0.29, 0.717) is 0 Å². The molecule has 0 bridgehead atoms. The van der Waals surface area contributed by atoms with Crippen LogP contribution in [0.3, 0.4) is 0 Å². The van der Waals surface area contributed by atoms with Gasteiger partial charge in [0.15, 0.2) is 5.43 Å². The van der Waals surface area contributed by atoms with E-state index >= 15 is 0 Å². The van der Waals surface area contributed by atoms with E-state index in [2.05, 4.69) is 9.97 Å². The van der Waals surface area contributed by atoms with E-state index in [1.165, 1.54) is 0 Å². The summed E-state index contributed by atoms with van der Waals surface area (Å²) in [5.41, 5.74) is 3.09. The van der Waals surface area contributed by atoms with Crippen LogP contribution in [-0.4, -0.2) is 20.9 Å². The molecule has 1 aromatic carbocycles. The van der Waals surface area contributed by atoms with Crippen molar-refractivity contribution in [3.8, 4) is 0 Å². The Morgan fingerprint density at radius 1 is 1.06 bits per heavy atom. The molecule has 2 heterocycles. The molecule has 0 aliphatic heterocycles. The van der Waals surface area contributed by atoms with Gasteiger partial charge >= 0.3 is 0 Å². The largest absolute Gasteiger partial charge is 0.412 e. The van der Waals surface area contributed by atoms with E-state index in [0.717, 1.165) is 27.5 Å². The van der Waals surface area contributed by atoms with E-state index in [1.54, 1.807) is 12.1 Å². The molecule has 18 heavy (non-hydrogen) atoms. The fourth-order valence-electron chi connectivity index (χ4n) is 1.99. The Kier molecular flexibility index (Phi) is 5.11. The van der Waals surface area contributed by atoms with Crippen LogP contribution in [0.25, 0.3) is 21.8 Å². The summed E-state index contributed by atoms with van der Waals surface area (Å²) < 4.78 is 0. The standard InChI is InChI=1S/C12H10N2O.ClH.2H2O/c1-7-12-10(4-5-13-7)9-3-2-8(15)6-11(9)14-12;;;/h2-6,13-14H,1H3;1H;2*1H2. The van der Waals surface area contributed by atoms with Gasteiger partial charge in [-0.1, -0.05) is 0 Å². The third-order valence-corrected chi connectivity index (χ3v) is 2.74. The molecule has 0 aliphatic rings. The van der Waals surface area contributed by atoms with Gasteiger partial charge < -0.3 is 20.9 Å². The average Bonchev–Trinajstić information content (AvgIpc) is 2.57. The molecule has 98 valence electrons. The molecule has 0 atom stereocenters. The molecule has 6 heteroatoms. The molecule has 2 aromatic heterocycles. The normalized spacial score (nSPS) is 9.39. The fourth-order valence-corrected chi connectivity index (χ4v) is 1.99. The minimum Gasteiger partial charge on any atom is -0.412 e. The Balaban J connectivity index is 0.000000963. The van der Waals surface area contributed by atoms with Gasteiger partial charge in [0.05, 0.1) is 11.0 Å². The molecule has 0 saturated heterocycles. The van der Waals surface area contributed by atoms with Gasteiger partial charge in [-0.2, -0.15) is 0 Å². The highest BCUT2D eigenvalue weighted by molar-refractivity contribution is 6.07.